The maximum absolute atomic E-state index is 14.1. The van der Waals surface area contributed by atoms with Gasteiger partial charge < -0.3 is 10.2 Å². The highest BCUT2D eigenvalue weighted by Crippen LogP contribution is 2.30. The molecule has 0 heterocycles. The normalized spacial score (nSPS) is 12.1. The number of hydrogen-bond acceptors (Lipinski definition) is 4. The standard InChI is InChI=1S/C29H33Cl2N3O4S/c1-5-26(29(36)32-6-2)33(18-23-24(30)15-11-16-25(23)31)28(35)19-34(27-17-10-12-20(3)21(27)4)39(37,38)22-13-8-7-9-14-22/h7-17,26H,5-6,18-19H2,1-4H3,(H,32,36)/t26-/m1/s1. The van der Waals surface area contributed by atoms with Crippen LogP contribution >= 0.6 is 23.2 Å². The van der Waals surface area contributed by atoms with E-state index in [2.05, 4.69) is 5.32 Å². The molecular weight excluding hydrogens is 557 g/mol. The highest BCUT2D eigenvalue weighted by Gasteiger charge is 2.34. The fraction of sp³-hybridized carbons (Fsp3) is 0.310. The molecule has 3 rings (SSSR count). The molecule has 208 valence electrons. The fourth-order valence-electron chi connectivity index (χ4n) is 4.30. The molecule has 0 unspecified atom stereocenters. The Hall–Kier alpha value is -3.07. The van der Waals surface area contributed by atoms with Crippen LogP contribution in [0.15, 0.2) is 71.6 Å². The maximum Gasteiger partial charge on any atom is 0.264 e. The number of rotatable bonds is 11. The van der Waals surface area contributed by atoms with Gasteiger partial charge in [0, 0.05) is 28.7 Å². The molecule has 0 aromatic heterocycles. The van der Waals surface area contributed by atoms with Gasteiger partial charge in [-0.2, -0.15) is 0 Å². The molecule has 2 amide bonds. The Morgan fingerprint density at radius 3 is 2.10 bits per heavy atom. The number of carbonyl (C=O) groups is 2. The zero-order valence-electron chi connectivity index (χ0n) is 22.4. The van der Waals surface area contributed by atoms with Crippen molar-refractivity contribution in [2.45, 2.75) is 51.6 Å². The van der Waals surface area contributed by atoms with Crippen molar-refractivity contribution in [2.75, 3.05) is 17.4 Å². The number of anilines is 1. The van der Waals surface area contributed by atoms with Gasteiger partial charge in [0.2, 0.25) is 11.8 Å². The lowest BCUT2D eigenvalue weighted by Crippen LogP contribution is -2.52. The van der Waals surface area contributed by atoms with E-state index in [1.165, 1.54) is 17.0 Å². The molecule has 0 aliphatic carbocycles. The van der Waals surface area contributed by atoms with Crippen LogP contribution in [0, 0.1) is 13.8 Å². The third-order valence-corrected chi connectivity index (χ3v) is 9.06. The van der Waals surface area contributed by atoms with E-state index in [-0.39, 0.29) is 17.3 Å². The van der Waals surface area contributed by atoms with Crippen LogP contribution in [0.1, 0.15) is 37.0 Å². The highest BCUT2D eigenvalue weighted by atomic mass is 35.5. The minimum absolute atomic E-state index is 0.0511. The summed E-state index contributed by atoms with van der Waals surface area (Å²) in [5.74, 6) is -0.912. The first-order valence-corrected chi connectivity index (χ1v) is 14.9. The number of aryl methyl sites for hydroxylation is 1. The van der Waals surface area contributed by atoms with E-state index in [1.807, 2.05) is 19.9 Å². The summed E-state index contributed by atoms with van der Waals surface area (Å²) in [5.41, 5.74) is 2.46. The first-order chi connectivity index (χ1) is 18.5. The largest absolute Gasteiger partial charge is 0.355 e. The minimum Gasteiger partial charge on any atom is -0.355 e. The number of hydrogen-bond donors (Lipinski definition) is 1. The van der Waals surface area contributed by atoms with Crippen molar-refractivity contribution in [3.8, 4) is 0 Å². The van der Waals surface area contributed by atoms with E-state index >= 15 is 0 Å². The smallest absolute Gasteiger partial charge is 0.264 e. The number of amides is 2. The molecule has 1 atom stereocenters. The van der Waals surface area contributed by atoms with Crippen LogP contribution in [0.2, 0.25) is 10.0 Å². The Balaban J connectivity index is 2.13. The summed E-state index contributed by atoms with van der Waals surface area (Å²) in [6.07, 6.45) is 0.300. The molecule has 10 heteroatoms. The topological polar surface area (TPSA) is 86.8 Å². The summed E-state index contributed by atoms with van der Waals surface area (Å²) in [6.45, 7) is 7.04. The molecule has 3 aromatic carbocycles. The summed E-state index contributed by atoms with van der Waals surface area (Å²) in [5, 5.41) is 3.46. The Morgan fingerprint density at radius 2 is 1.51 bits per heavy atom. The van der Waals surface area contributed by atoms with Crippen LogP contribution < -0.4 is 9.62 Å². The van der Waals surface area contributed by atoms with Gasteiger partial charge in [-0.15, -0.1) is 0 Å². The van der Waals surface area contributed by atoms with Gasteiger partial charge in [0.15, 0.2) is 0 Å². The number of nitrogens with zero attached hydrogens (tertiary/aromatic N) is 2. The molecule has 39 heavy (non-hydrogen) atoms. The zero-order valence-corrected chi connectivity index (χ0v) is 24.8. The van der Waals surface area contributed by atoms with Gasteiger partial charge in [0.05, 0.1) is 10.6 Å². The quantitative estimate of drug-likeness (QED) is 0.308. The average Bonchev–Trinajstić information content (AvgIpc) is 2.91. The lowest BCUT2D eigenvalue weighted by atomic mass is 10.1. The van der Waals surface area contributed by atoms with Crippen molar-refractivity contribution in [1.82, 2.24) is 10.2 Å². The minimum atomic E-state index is -4.14. The van der Waals surface area contributed by atoms with Gasteiger partial charge in [0.1, 0.15) is 12.6 Å². The number of halogens is 2. The molecule has 0 fully saturated rings. The van der Waals surface area contributed by atoms with Gasteiger partial charge in [-0.1, -0.05) is 66.5 Å². The molecule has 1 N–H and O–H groups in total. The molecule has 0 spiro atoms. The van der Waals surface area contributed by atoms with Crippen molar-refractivity contribution in [2.24, 2.45) is 0 Å². The van der Waals surface area contributed by atoms with Gasteiger partial charge in [-0.3, -0.25) is 13.9 Å². The SMILES string of the molecule is CCNC(=O)[C@@H](CC)N(Cc1c(Cl)cccc1Cl)C(=O)CN(c1cccc(C)c1C)S(=O)(=O)c1ccccc1. The number of nitrogens with one attached hydrogen (secondary N) is 1. The predicted molar refractivity (Wildman–Crippen MR) is 157 cm³/mol. The second-order valence-electron chi connectivity index (χ2n) is 9.08. The molecule has 3 aromatic rings. The average molecular weight is 591 g/mol. The lowest BCUT2D eigenvalue weighted by Gasteiger charge is -2.34. The lowest BCUT2D eigenvalue weighted by molar-refractivity contribution is -0.140. The van der Waals surface area contributed by atoms with Gasteiger partial charge in [-0.05, 0) is 68.7 Å². The molecule has 0 radical (unpaired) electrons. The third-order valence-electron chi connectivity index (χ3n) is 6.58. The Kier molecular flexibility index (Phi) is 10.4. The van der Waals surface area contributed by atoms with Crippen molar-refractivity contribution in [1.29, 1.82) is 0 Å². The third kappa shape index (κ3) is 6.93. The van der Waals surface area contributed by atoms with Crippen LogP contribution in [0.5, 0.6) is 0 Å². The summed E-state index contributed by atoms with van der Waals surface area (Å²) >= 11 is 12.9. The van der Waals surface area contributed by atoms with Gasteiger partial charge in [0.25, 0.3) is 10.0 Å². The van der Waals surface area contributed by atoms with Crippen LogP contribution in [-0.2, 0) is 26.2 Å². The number of benzene rings is 3. The molecule has 7 nitrogen and oxygen atoms in total. The van der Waals surface area contributed by atoms with Crippen LogP contribution in [-0.4, -0.2) is 44.3 Å². The number of carbonyl (C=O) groups excluding carboxylic acids is 2. The van der Waals surface area contributed by atoms with E-state index in [4.69, 9.17) is 23.2 Å². The number of likely N-dealkylation sites (N-methyl/N-ethyl adjacent to an activating group) is 1. The van der Waals surface area contributed by atoms with Crippen molar-refractivity contribution in [3.05, 3.63) is 93.5 Å². The summed E-state index contributed by atoms with van der Waals surface area (Å²) < 4.78 is 29.0. The Labute approximate surface area is 240 Å². The van der Waals surface area contributed by atoms with E-state index in [0.717, 1.165) is 15.4 Å². The molecule has 0 aliphatic rings. The summed E-state index contributed by atoms with van der Waals surface area (Å²) in [4.78, 5) is 28.6. The molecular formula is C29H33Cl2N3O4S. The zero-order chi connectivity index (χ0) is 28.7. The van der Waals surface area contributed by atoms with E-state index in [0.29, 0.717) is 34.3 Å². The van der Waals surface area contributed by atoms with Crippen molar-refractivity contribution < 1.29 is 18.0 Å². The second kappa shape index (κ2) is 13.3. The van der Waals surface area contributed by atoms with Crippen LogP contribution in [0.25, 0.3) is 0 Å². The molecule has 0 saturated carbocycles. The molecule has 0 aliphatic heterocycles. The monoisotopic (exact) mass is 589 g/mol. The summed E-state index contributed by atoms with van der Waals surface area (Å²) in [6, 6.07) is 17.4. The second-order valence-corrected chi connectivity index (χ2v) is 11.8. The fourth-order valence-corrected chi connectivity index (χ4v) is 6.31. The van der Waals surface area contributed by atoms with E-state index in [9.17, 15) is 18.0 Å². The van der Waals surface area contributed by atoms with Crippen LogP contribution in [0.3, 0.4) is 0 Å². The van der Waals surface area contributed by atoms with Gasteiger partial charge >= 0.3 is 0 Å². The van der Waals surface area contributed by atoms with E-state index in [1.54, 1.807) is 62.4 Å². The Morgan fingerprint density at radius 1 is 0.897 bits per heavy atom. The first kappa shape index (κ1) is 30.5. The first-order valence-electron chi connectivity index (χ1n) is 12.7. The Bertz CT molecular complexity index is 1410. The van der Waals surface area contributed by atoms with Gasteiger partial charge in [-0.25, -0.2) is 8.42 Å². The number of sulfonamides is 1. The maximum atomic E-state index is 14.1. The van der Waals surface area contributed by atoms with Crippen LogP contribution in [0.4, 0.5) is 5.69 Å². The highest BCUT2D eigenvalue weighted by molar-refractivity contribution is 7.92. The van der Waals surface area contributed by atoms with Crippen molar-refractivity contribution in [3.63, 3.8) is 0 Å². The molecule has 0 bridgehead atoms. The summed E-state index contributed by atoms with van der Waals surface area (Å²) in [7, 11) is -4.14. The molecule has 0 saturated heterocycles. The van der Waals surface area contributed by atoms with E-state index < -0.39 is 28.5 Å². The predicted octanol–water partition coefficient (Wildman–Crippen LogP) is 5.75. The van der Waals surface area contributed by atoms with Crippen molar-refractivity contribution >= 4 is 50.7 Å².